The molecule has 2 aliphatic heterocycles. The summed E-state index contributed by atoms with van der Waals surface area (Å²) in [5, 5.41) is 0. The molecule has 3 fully saturated rings. The van der Waals surface area contributed by atoms with Crippen LogP contribution in [0.25, 0.3) is 0 Å². The number of likely N-dealkylation sites (tertiary alicyclic amines) is 1. The van der Waals surface area contributed by atoms with E-state index >= 15 is 0 Å². The lowest BCUT2D eigenvalue weighted by atomic mass is 9.99. The number of hydrogen-bond acceptors (Lipinski definition) is 3. The Balaban J connectivity index is 1.54. The zero-order valence-corrected chi connectivity index (χ0v) is 9.74. The summed E-state index contributed by atoms with van der Waals surface area (Å²) in [7, 11) is 2.21. The molecule has 3 rings (SSSR count). The summed E-state index contributed by atoms with van der Waals surface area (Å²) < 4.78 is 5.96. The van der Waals surface area contributed by atoms with Gasteiger partial charge in [-0.3, -0.25) is 4.90 Å². The molecule has 0 atom stereocenters. The van der Waals surface area contributed by atoms with Crippen LogP contribution in [0.5, 0.6) is 0 Å². The molecule has 0 unspecified atom stereocenters. The van der Waals surface area contributed by atoms with E-state index in [2.05, 4.69) is 16.8 Å². The van der Waals surface area contributed by atoms with Gasteiger partial charge in [-0.2, -0.15) is 0 Å². The highest BCUT2D eigenvalue weighted by molar-refractivity contribution is 4.91. The van der Waals surface area contributed by atoms with Gasteiger partial charge in [0, 0.05) is 39.0 Å². The summed E-state index contributed by atoms with van der Waals surface area (Å²) >= 11 is 0. The lowest BCUT2D eigenvalue weighted by Gasteiger charge is -2.42. The fraction of sp³-hybridized carbons (Fsp3) is 1.00. The molecule has 3 heteroatoms. The highest BCUT2D eigenvalue weighted by atomic mass is 16.5. The van der Waals surface area contributed by atoms with Crippen LogP contribution in [-0.4, -0.2) is 55.4 Å². The first-order valence-corrected chi connectivity index (χ1v) is 6.36. The molecule has 86 valence electrons. The molecule has 1 saturated carbocycles. The molecule has 0 amide bonds. The van der Waals surface area contributed by atoms with Gasteiger partial charge in [-0.1, -0.05) is 0 Å². The summed E-state index contributed by atoms with van der Waals surface area (Å²) in [6.07, 6.45) is 5.35. The standard InChI is InChI=1S/C12H22N2O/c1-13-8-9-15-12(13)4-6-14(7-5-12)10-11-2-3-11/h11H,2-10H2,1H3. The van der Waals surface area contributed by atoms with Crippen LogP contribution >= 0.6 is 0 Å². The Labute approximate surface area is 92.4 Å². The summed E-state index contributed by atoms with van der Waals surface area (Å²) in [6.45, 7) is 5.86. The van der Waals surface area contributed by atoms with E-state index in [1.807, 2.05) is 0 Å². The Kier molecular flexibility index (Phi) is 2.49. The van der Waals surface area contributed by atoms with Crippen LogP contribution < -0.4 is 0 Å². The highest BCUT2D eigenvalue weighted by Gasteiger charge is 2.42. The summed E-state index contributed by atoms with van der Waals surface area (Å²) in [6, 6.07) is 0. The normalized spacial score (nSPS) is 32.6. The summed E-state index contributed by atoms with van der Waals surface area (Å²) in [4.78, 5) is 5.06. The van der Waals surface area contributed by atoms with Crippen molar-refractivity contribution in [3.05, 3.63) is 0 Å². The van der Waals surface area contributed by atoms with Gasteiger partial charge in [-0.15, -0.1) is 0 Å². The van der Waals surface area contributed by atoms with Gasteiger partial charge >= 0.3 is 0 Å². The van der Waals surface area contributed by atoms with Gasteiger partial charge in [0.1, 0.15) is 5.72 Å². The highest BCUT2D eigenvalue weighted by Crippen LogP contribution is 2.35. The van der Waals surface area contributed by atoms with Crippen molar-refractivity contribution in [2.24, 2.45) is 5.92 Å². The minimum absolute atomic E-state index is 0.111. The molecule has 0 aromatic rings. The van der Waals surface area contributed by atoms with E-state index in [1.54, 1.807) is 0 Å². The van der Waals surface area contributed by atoms with E-state index in [0.29, 0.717) is 0 Å². The maximum absolute atomic E-state index is 5.96. The van der Waals surface area contributed by atoms with Crippen molar-refractivity contribution in [3.8, 4) is 0 Å². The van der Waals surface area contributed by atoms with E-state index in [-0.39, 0.29) is 5.72 Å². The molecule has 15 heavy (non-hydrogen) atoms. The minimum atomic E-state index is 0.111. The average molecular weight is 210 g/mol. The van der Waals surface area contributed by atoms with Crippen molar-refractivity contribution in [3.63, 3.8) is 0 Å². The number of rotatable bonds is 2. The van der Waals surface area contributed by atoms with E-state index in [1.165, 1.54) is 45.3 Å². The third-order valence-electron chi connectivity index (χ3n) is 4.34. The Morgan fingerprint density at radius 2 is 1.93 bits per heavy atom. The zero-order valence-electron chi connectivity index (χ0n) is 9.74. The van der Waals surface area contributed by atoms with E-state index in [4.69, 9.17) is 4.74 Å². The summed E-state index contributed by atoms with van der Waals surface area (Å²) in [5.74, 6) is 1.03. The fourth-order valence-corrected chi connectivity index (χ4v) is 2.96. The maximum atomic E-state index is 5.96. The van der Waals surface area contributed by atoms with Crippen molar-refractivity contribution >= 4 is 0 Å². The first-order valence-electron chi connectivity index (χ1n) is 6.36. The van der Waals surface area contributed by atoms with Crippen LogP contribution in [0.2, 0.25) is 0 Å². The number of hydrogen-bond donors (Lipinski definition) is 0. The quantitative estimate of drug-likeness (QED) is 0.680. The van der Waals surface area contributed by atoms with Crippen LogP contribution in [0.15, 0.2) is 0 Å². The van der Waals surface area contributed by atoms with Crippen molar-refractivity contribution in [1.29, 1.82) is 0 Å². The molecule has 3 nitrogen and oxygen atoms in total. The van der Waals surface area contributed by atoms with Crippen LogP contribution in [0.3, 0.4) is 0 Å². The number of piperidine rings is 1. The second kappa shape index (κ2) is 3.72. The molecule has 1 aliphatic carbocycles. The first kappa shape index (κ1) is 10.1. The molecule has 0 aromatic carbocycles. The average Bonchev–Trinajstić information content (AvgIpc) is 2.99. The topological polar surface area (TPSA) is 15.7 Å². The molecule has 0 radical (unpaired) electrons. The molecule has 2 saturated heterocycles. The smallest absolute Gasteiger partial charge is 0.124 e. The van der Waals surface area contributed by atoms with Gasteiger partial charge in [0.2, 0.25) is 0 Å². The van der Waals surface area contributed by atoms with Crippen molar-refractivity contribution < 1.29 is 4.74 Å². The minimum Gasteiger partial charge on any atom is -0.359 e. The second-order valence-electron chi connectivity index (χ2n) is 5.46. The monoisotopic (exact) mass is 210 g/mol. The number of ether oxygens (including phenoxy) is 1. The predicted molar refractivity (Wildman–Crippen MR) is 59.7 cm³/mol. The molecular formula is C12H22N2O. The SMILES string of the molecule is CN1CCOC12CCN(CC1CC1)CC2. The van der Waals surface area contributed by atoms with Gasteiger partial charge in [0.15, 0.2) is 0 Å². The van der Waals surface area contributed by atoms with Gasteiger partial charge in [0.05, 0.1) is 6.61 Å². The molecular weight excluding hydrogens is 188 g/mol. The third kappa shape index (κ3) is 1.93. The van der Waals surface area contributed by atoms with E-state index in [9.17, 15) is 0 Å². The second-order valence-corrected chi connectivity index (χ2v) is 5.46. The first-order chi connectivity index (χ1) is 7.28. The van der Waals surface area contributed by atoms with Gasteiger partial charge < -0.3 is 9.64 Å². The zero-order chi connectivity index (χ0) is 10.3. The molecule has 1 spiro atoms. The van der Waals surface area contributed by atoms with Crippen LogP contribution in [-0.2, 0) is 4.74 Å². The third-order valence-corrected chi connectivity index (χ3v) is 4.34. The molecule has 2 heterocycles. The lowest BCUT2D eigenvalue weighted by Crippen LogP contribution is -2.51. The van der Waals surface area contributed by atoms with E-state index < -0.39 is 0 Å². The molecule has 0 bridgehead atoms. The molecule has 0 N–H and O–H groups in total. The Hall–Kier alpha value is -0.120. The predicted octanol–water partition coefficient (Wildman–Crippen LogP) is 1.15. The van der Waals surface area contributed by atoms with Gasteiger partial charge in [0.25, 0.3) is 0 Å². The molecule has 3 aliphatic rings. The molecule has 0 aromatic heterocycles. The maximum Gasteiger partial charge on any atom is 0.124 e. The fourth-order valence-electron chi connectivity index (χ4n) is 2.96. The Morgan fingerprint density at radius 1 is 1.20 bits per heavy atom. The van der Waals surface area contributed by atoms with Crippen LogP contribution in [0, 0.1) is 5.92 Å². The summed E-state index contributed by atoms with van der Waals surface area (Å²) in [5.41, 5.74) is 0.111. The lowest BCUT2D eigenvalue weighted by molar-refractivity contribution is -0.111. The van der Waals surface area contributed by atoms with Crippen molar-refractivity contribution in [2.75, 3.05) is 39.8 Å². The number of likely N-dealkylation sites (N-methyl/N-ethyl adjacent to an activating group) is 1. The Bertz CT molecular complexity index is 232. The van der Waals surface area contributed by atoms with Crippen molar-refractivity contribution in [2.45, 2.75) is 31.4 Å². The van der Waals surface area contributed by atoms with Crippen molar-refractivity contribution in [1.82, 2.24) is 9.80 Å². The van der Waals surface area contributed by atoms with Gasteiger partial charge in [-0.05, 0) is 25.8 Å². The van der Waals surface area contributed by atoms with Crippen LogP contribution in [0.1, 0.15) is 25.7 Å². The van der Waals surface area contributed by atoms with Gasteiger partial charge in [-0.25, -0.2) is 0 Å². The Morgan fingerprint density at radius 3 is 2.47 bits per heavy atom. The van der Waals surface area contributed by atoms with Crippen LogP contribution in [0.4, 0.5) is 0 Å². The number of nitrogens with zero attached hydrogens (tertiary/aromatic N) is 2. The largest absolute Gasteiger partial charge is 0.359 e. The van der Waals surface area contributed by atoms with E-state index in [0.717, 1.165) is 19.1 Å².